The van der Waals surface area contributed by atoms with Gasteiger partial charge >= 0.3 is 0 Å². The van der Waals surface area contributed by atoms with Gasteiger partial charge in [-0.3, -0.25) is 4.79 Å². The molecule has 0 heterocycles. The predicted octanol–water partition coefficient (Wildman–Crippen LogP) is 8.74. The molecule has 0 radical (unpaired) electrons. The van der Waals surface area contributed by atoms with Gasteiger partial charge in [-0.05, 0) is 92.4 Å². The second kappa shape index (κ2) is 20.3. The summed E-state index contributed by atoms with van der Waals surface area (Å²) in [6.45, 7) is 7.65. The molecular weight excluding hydrogens is 484 g/mol. The van der Waals surface area contributed by atoms with Crippen LogP contribution in [0.3, 0.4) is 0 Å². The molecule has 4 heteroatoms. The van der Waals surface area contributed by atoms with E-state index in [9.17, 15) is 9.90 Å². The quantitative estimate of drug-likeness (QED) is 0.129. The van der Waals surface area contributed by atoms with Crippen LogP contribution >= 0.6 is 0 Å². The fourth-order valence-electron chi connectivity index (χ4n) is 6.54. The van der Waals surface area contributed by atoms with Crippen molar-refractivity contribution in [1.82, 2.24) is 0 Å². The van der Waals surface area contributed by atoms with Gasteiger partial charge in [-0.1, -0.05) is 89.8 Å². The number of benzene rings is 1. The first kappa shape index (κ1) is 33.6. The molecule has 4 nitrogen and oxygen atoms in total. The number of carbonyl (C=O) groups excluding carboxylic acids is 1. The molecule has 2 fully saturated rings. The average Bonchev–Trinajstić information content (AvgIpc) is 2.97. The van der Waals surface area contributed by atoms with Crippen LogP contribution in [0.5, 0.6) is 5.75 Å². The Labute approximate surface area is 240 Å². The highest BCUT2D eigenvalue weighted by Crippen LogP contribution is 2.43. The van der Waals surface area contributed by atoms with Gasteiger partial charge in [0.2, 0.25) is 0 Å². The molecule has 0 aromatic heterocycles. The first-order chi connectivity index (χ1) is 19.0. The fourth-order valence-corrected chi connectivity index (χ4v) is 6.54. The zero-order valence-corrected chi connectivity index (χ0v) is 25.4. The third kappa shape index (κ3) is 14.0. The molecule has 0 bridgehead atoms. The Morgan fingerprint density at radius 3 is 1.95 bits per heavy atom. The predicted molar refractivity (Wildman–Crippen MR) is 163 cm³/mol. The molecule has 1 unspecified atom stereocenters. The van der Waals surface area contributed by atoms with Crippen LogP contribution in [0.2, 0.25) is 0 Å². The van der Waals surface area contributed by atoms with E-state index in [2.05, 4.69) is 25.6 Å². The molecule has 39 heavy (non-hydrogen) atoms. The number of aliphatic hydroxyl groups is 1. The second-order valence-electron chi connectivity index (χ2n) is 12.3. The summed E-state index contributed by atoms with van der Waals surface area (Å²) in [5.74, 6) is 4.81. The minimum absolute atomic E-state index is 0.0289. The number of carbonyl (C=O) groups is 1. The van der Waals surface area contributed by atoms with Crippen LogP contribution < -0.4 is 4.74 Å². The normalized spacial score (nSPS) is 23.8. The summed E-state index contributed by atoms with van der Waals surface area (Å²) >= 11 is 0. The second-order valence-corrected chi connectivity index (χ2v) is 12.3. The first-order valence-corrected chi connectivity index (χ1v) is 15.9. The van der Waals surface area contributed by atoms with Crippen LogP contribution in [0.25, 0.3) is 0 Å². The van der Waals surface area contributed by atoms with E-state index in [1.807, 2.05) is 12.1 Å². The summed E-state index contributed by atoms with van der Waals surface area (Å²) in [6, 6.07) is 8.44. The van der Waals surface area contributed by atoms with Crippen molar-refractivity contribution in [3.63, 3.8) is 0 Å². The molecule has 2 saturated carbocycles. The topological polar surface area (TPSA) is 55.8 Å². The van der Waals surface area contributed by atoms with E-state index in [-0.39, 0.29) is 12.7 Å². The molecule has 2 aliphatic rings. The van der Waals surface area contributed by atoms with Crippen LogP contribution in [0.1, 0.15) is 116 Å². The van der Waals surface area contributed by atoms with Gasteiger partial charge < -0.3 is 14.6 Å². The third-order valence-corrected chi connectivity index (χ3v) is 8.99. The molecule has 1 aromatic carbocycles. The highest BCUT2D eigenvalue weighted by atomic mass is 16.5. The van der Waals surface area contributed by atoms with Gasteiger partial charge in [0.15, 0.2) is 0 Å². The molecule has 3 rings (SSSR count). The monoisotopic (exact) mass is 542 g/mol. The van der Waals surface area contributed by atoms with E-state index in [0.29, 0.717) is 12.2 Å². The van der Waals surface area contributed by atoms with E-state index in [0.717, 1.165) is 35.7 Å². The largest absolute Gasteiger partial charge is 0.486 e. The van der Waals surface area contributed by atoms with Crippen LogP contribution in [-0.4, -0.2) is 37.8 Å². The molecule has 1 atom stereocenters. The van der Waals surface area contributed by atoms with Crippen LogP contribution in [0.15, 0.2) is 36.4 Å². The summed E-state index contributed by atoms with van der Waals surface area (Å²) in [7, 11) is 1.63. The number of unbranched alkanes of at least 4 members (excludes halogenated alkanes) is 4. The summed E-state index contributed by atoms with van der Waals surface area (Å²) in [5, 5.41) is 9.36. The van der Waals surface area contributed by atoms with Crippen molar-refractivity contribution in [2.45, 2.75) is 123 Å². The maximum Gasteiger partial charge on any atom is 0.145 e. The number of hydrogen-bond donors (Lipinski definition) is 1. The number of allylic oxidation sites excluding steroid dienone is 1. The number of aliphatic hydroxyl groups excluding tert-OH is 1. The zero-order chi connectivity index (χ0) is 28.3. The fraction of sp³-hybridized carbons (Fsp3) is 0.743. The van der Waals surface area contributed by atoms with Crippen molar-refractivity contribution in [2.24, 2.45) is 23.7 Å². The Hall–Kier alpha value is -1.65. The lowest BCUT2D eigenvalue weighted by Crippen LogP contribution is -2.26. The summed E-state index contributed by atoms with van der Waals surface area (Å²) in [4.78, 5) is 9.41. The maximum absolute atomic E-state index is 9.41. The molecule has 0 aliphatic heterocycles. The van der Waals surface area contributed by atoms with Crippen LogP contribution in [0.4, 0.5) is 0 Å². The summed E-state index contributed by atoms with van der Waals surface area (Å²) in [5.41, 5.74) is 1.97. The number of aryl methyl sites for hydroxylation is 1. The average molecular weight is 543 g/mol. The van der Waals surface area contributed by atoms with Crippen molar-refractivity contribution in [1.29, 1.82) is 0 Å². The standard InChI is InChI=1S/C31H52O3.C4H6O/c1-3-4-5-6-7-8-25-11-17-28(18-12-25)29-19-13-26(14-20-29)9-10-27-15-21-30(22-16-27)34-31(23-32)24-33-2;1-4(2)3-5/h15-16,21-22,25-26,28-29,31-32H,3-14,17-20,23-24H2,1-2H3;3H,1H2,2H3. The van der Waals surface area contributed by atoms with Crippen LogP contribution in [0, 0.1) is 23.7 Å². The van der Waals surface area contributed by atoms with Gasteiger partial charge in [0.25, 0.3) is 0 Å². The van der Waals surface area contributed by atoms with Gasteiger partial charge in [-0.2, -0.15) is 0 Å². The maximum atomic E-state index is 9.41. The van der Waals surface area contributed by atoms with E-state index < -0.39 is 0 Å². The molecule has 1 aromatic rings. The van der Waals surface area contributed by atoms with Gasteiger partial charge in [-0.25, -0.2) is 0 Å². The van der Waals surface area contributed by atoms with E-state index >= 15 is 0 Å². The van der Waals surface area contributed by atoms with Gasteiger partial charge in [0.05, 0.1) is 13.2 Å². The third-order valence-electron chi connectivity index (χ3n) is 8.99. The lowest BCUT2D eigenvalue weighted by atomic mass is 9.68. The Bertz CT molecular complexity index is 757. The Morgan fingerprint density at radius 2 is 1.46 bits per heavy atom. The number of aldehydes is 1. The molecule has 0 spiro atoms. The SMILES string of the molecule is C=C(C)C=O.CCCCCCCC1CCC(C2CCC(CCc3ccc(OC(CO)COC)cc3)CC2)CC1. The first-order valence-electron chi connectivity index (χ1n) is 15.9. The Balaban J connectivity index is 0.000000976. The zero-order valence-electron chi connectivity index (χ0n) is 25.4. The highest BCUT2D eigenvalue weighted by molar-refractivity contribution is 5.70. The Morgan fingerprint density at radius 1 is 0.923 bits per heavy atom. The number of hydrogen-bond acceptors (Lipinski definition) is 4. The van der Waals surface area contributed by atoms with Gasteiger partial charge in [0.1, 0.15) is 18.1 Å². The molecule has 0 saturated heterocycles. The smallest absolute Gasteiger partial charge is 0.145 e. The number of methoxy groups -OCH3 is 1. The van der Waals surface area contributed by atoms with Crippen molar-refractivity contribution >= 4 is 6.29 Å². The highest BCUT2D eigenvalue weighted by Gasteiger charge is 2.30. The molecular formula is C35H58O4. The van der Waals surface area contributed by atoms with E-state index in [1.165, 1.54) is 108 Å². The van der Waals surface area contributed by atoms with Crippen molar-refractivity contribution in [3.05, 3.63) is 42.0 Å². The van der Waals surface area contributed by atoms with E-state index in [4.69, 9.17) is 9.47 Å². The number of ether oxygens (including phenoxy) is 2. The number of rotatable bonds is 16. The van der Waals surface area contributed by atoms with Gasteiger partial charge in [0, 0.05) is 7.11 Å². The van der Waals surface area contributed by atoms with Crippen LogP contribution in [-0.2, 0) is 16.0 Å². The van der Waals surface area contributed by atoms with Crippen molar-refractivity contribution in [3.8, 4) is 5.75 Å². The minimum Gasteiger partial charge on any atom is -0.486 e. The molecule has 1 N–H and O–H groups in total. The molecule has 2 aliphatic carbocycles. The Kier molecular flexibility index (Phi) is 17.4. The molecule has 222 valence electrons. The lowest BCUT2D eigenvalue weighted by Gasteiger charge is -2.38. The lowest BCUT2D eigenvalue weighted by molar-refractivity contribution is -0.104. The van der Waals surface area contributed by atoms with Gasteiger partial charge in [-0.15, -0.1) is 0 Å². The summed E-state index contributed by atoms with van der Waals surface area (Å²) in [6.07, 6.45) is 23.5. The van der Waals surface area contributed by atoms with E-state index in [1.54, 1.807) is 14.0 Å². The van der Waals surface area contributed by atoms with Crippen molar-refractivity contribution in [2.75, 3.05) is 20.3 Å². The molecule has 0 amide bonds. The minimum atomic E-state index is -0.295. The van der Waals surface area contributed by atoms with Crippen molar-refractivity contribution < 1.29 is 19.4 Å². The summed E-state index contributed by atoms with van der Waals surface area (Å²) < 4.78 is 10.9.